The SMILES string of the molecule is CNC(=O)c1cccc(NC(=O)c2ccc(OCCC(C)C)c(Br)c2)c1. The van der Waals surface area contributed by atoms with E-state index in [1.165, 1.54) is 0 Å². The second kappa shape index (κ2) is 9.38. The molecule has 0 aromatic heterocycles. The predicted octanol–water partition coefficient (Wildman–Crippen LogP) is 4.49. The van der Waals surface area contributed by atoms with E-state index < -0.39 is 0 Å². The second-order valence-electron chi connectivity index (χ2n) is 6.29. The predicted molar refractivity (Wildman–Crippen MR) is 107 cm³/mol. The summed E-state index contributed by atoms with van der Waals surface area (Å²) in [6.07, 6.45) is 0.969. The maximum atomic E-state index is 12.5. The zero-order chi connectivity index (χ0) is 19.1. The van der Waals surface area contributed by atoms with Crippen LogP contribution in [0, 0.1) is 5.92 Å². The van der Waals surface area contributed by atoms with E-state index in [2.05, 4.69) is 40.4 Å². The van der Waals surface area contributed by atoms with E-state index in [-0.39, 0.29) is 11.8 Å². The average Bonchev–Trinajstić information content (AvgIpc) is 2.62. The van der Waals surface area contributed by atoms with Gasteiger partial charge >= 0.3 is 0 Å². The molecule has 0 atom stereocenters. The number of benzene rings is 2. The Hall–Kier alpha value is -2.34. The zero-order valence-corrected chi connectivity index (χ0v) is 16.7. The number of carbonyl (C=O) groups excluding carboxylic acids is 2. The van der Waals surface area contributed by atoms with Crippen LogP contribution in [0.3, 0.4) is 0 Å². The normalized spacial score (nSPS) is 10.5. The van der Waals surface area contributed by atoms with Crippen LogP contribution in [0.2, 0.25) is 0 Å². The molecule has 0 saturated carbocycles. The number of anilines is 1. The summed E-state index contributed by atoms with van der Waals surface area (Å²) in [5, 5.41) is 5.36. The molecule has 0 spiro atoms. The molecule has 0 aliphatic carbocycles. The van der Waals surface area contributed by atoms with Crippen molar-refractivity contribution in [1.82, 2.24) is 5.32 Å². The van der Waals surface area contributed by atoms with Gasteiger partial charge in [0, 0.05) is 23.9 Å². The molecule has 2 amide bonds. The Bertz CT molecular complexity index is 790. The Morgan fingerprint density at radius 2 is 1.81 bits per heavy atom. The molecule has 0 aliphatic rings. The summed E-state index contributed by atoms with van der Waals surface area (Å²) >= 11 is 3.45. The van der Waals surface area contributed by atoms with E-state index in [4.69, 9.17) is 4.74 Å². The van der Waals surface area contributed by atoms with E-state index in [1.807, 2.05) is 0 Å². The van der Waals surface area contributed by atoms with Crippen LogP contribution in [0.5, 0.6) is 5.75 Å². The van der Waals surface area contributed by atoms with Gasteiger partial charge in [0.1, 0.15) is 5.75 Å². The van der Waals surface area contributed by atoms with Gasteiger partial charge in [-0.1, -0.05) is 19.9 Å². The maximum absolute atomic E-state index is 12.5. The van der Waals surface area contributed by atoms with Crippen LogP contribution in [0.4, 0.5) is 5.69 Å². The van der Waals surface area contributed by atoms with Gasteiger partial charge in [0.05, 0.1) is 11.1 Å². The van der Waals surface area contributed by atoms with Crippen LogP contribution < -0.4 is 15.4 Å². The van der Waals surface area contributed by atoms with Gasteiger partial charge in [-0.3, -0.25) is 9.59 Å². The number of amides is 2. The third-order valence-electron chi connectivity index (χ3n) is 3.76. The van der Waals surface area contributed by atoms with Crippen LogP contribution in [-0.4, -0.2) is 25.5 Å². The van der Waals surface area contributed by atoms with Crippen LogP contribution in [-0.2, 0) is 0 Å². The molecule has 0 fully saturated rings. The minimum Gasteiger partial charge on any atom is -0.492 e. The van der Waals surface area contributed by atoms with Crippen molar-refractivity contribution in [3.63, 3.8) is 0 Å². The summed E-state index contributed by atoms with van der Waals surface area (Å²) in [4.78, 5) is 24.1. The number of hydrogen-bond acceptors (Lipinski definition) is 3. The van der Waals surface area contributed by atoms with Gasteiger partial charge in [-0.05, 0) is 64.7 Å². The number of ether oxygens (including phenoxy) is 1. The highest BCUT2D eigenvalue weighted by atomic mass is 79.9. The first kappa shape index (κ1) is 20.0. The van der Waals surface area contributed by atoms with Gasteiger partial charge in [0.25, 0.3) is 11.8 Å². The monoisotopic (exact) mass is 418 g/mol. The third-order valence-corrected chi connectivity index (χ3v) is 4.38. The Morgan fingerprint density at radius 1 is 1.08 bits per heavy atom. The number of hydrogen-bond donors (Lipinski definition) is 2. The summed E-state index contributed by atoms with van der Waals surface area (Å²) in [6, 6.07) is 12.0. The molecule has 2 rings (SSSR count). The minimum absolute atomic E-state index is 0.202. The quantitative estimate of drug-likeness (QED) is 0.695. The standard InChI is InChI=1S/C20H23BrN2O3/c1-13(2)9-10-26-18-8-7-15(12-17(18)21)20(25)23-16-6-4-5-14(11-16)19(24)22-3/h4-8,11-13H,9-10H2,1-3H3,(H,22,24)(H,23,25). The van der Waals surface area contributed by atoms with Crippen LogP contribution in [0.1, 0.15) is 41.0 Å². The molecule has 0 radical (unpaired) electrons. The van der Waals surface area contributed by atoms with Crippen molar-refractivity contribution in [2.24, 2.45) is 5.92 Å². The highest BCUT2D eigenvalue weighted by molar-refractivity contribution is 9.10. The molecular formula is C20H23BrN2O3. The fraction of sp³-hybridized carbons (Fsp3) is 0.300. The highest BCUT2D eigenvalue weighted by Gasteiger charge is 2.11. The summed E-state index contributed by atoms with van der Waals surface area (Å²) in [5.41, 5.74) is 1.54. The van der Waals surface area contributed by atoms with Crippen LogP contribution in [0.15, 0.2) is 46.9 Å². The molecule has 26 heavy (non-hydrogen) atoms. The van der Waals surface area contributed by atoms with Gasteiger partial charge in [-0.15, -0.1) is 0 Å². The number of nitrogens with one attached hydrogen (secondary N) is 2. The molecule has 0 unspecified atom stereocenters. The summed E-state index contributed by atoms with van der Waals surface area (Å²) < 4.78 is 6.46. The highest BCUT2D eigenvalue weighted by Crippen LogP contribution is 2.27. The first-order valence-electron chi connectivity index (χ1n) is 8.46. The summed E-state index contributed by atoms with van der Waals surface area (Å²) in [7, 11) is 1.57. The number of rotatable bonds is 7. The Kier molecular flexibility index (Phi) is 7.21. The first-order chi connectivity index (χ1) is 12.4. The zero-order valence-electron chi connectivity index (χ0n) is 15.1. The largest absolute Gasteiger partial charge is 0.492 e. The number of carbonyl (C=O) groups is 2. The van der Waals surface area contributed by atoms with Crippen molar-refractivity contribution in [3.05, 3.63) is 58.1 Å². The van der Waals surface area contributed by atoms with E-state index in [1.54, 1.807) is 49.5 Å². The van der Waals surface area contributed by atoms with E-state index >= 15 is 0 Å². The lowest BCUT2D eigenvalue weighted by Crippen LogP contribution is -2.18. The lowest BCUT2D eigenvalue weighted by atomic mass is 10.1. The molecule has 0 aliphatic heterocycles. The molecular weight excluding hydrogens is 396 g/mol. The Morgan fingerprint density at radius 3 is 2.46 bits per heavy atom. The maximum Gasteiger partial charge on any atom is 0.255 e. The van der Waals surface area contributed by atoms with Gasteiger partial charge in [0.15, 0.2) is 0 Å². The van der Waals surface area contributed by atoms with E-state index in [9.17, 15) is 9.59 Å². The molecule has 2 N–H and O–H groups in total. The van der Waals surface area contributed by atoms with Gasteiger partial charge in [0.2, 0.25) is 0 Å². The molecule has 2 aromatic rings. The van der Waals surface area contributed by atoms with Crippen molar-refractivity contribution in [2.45, 2.75) is 20.3 Å². The third kappa shape index (κ3) is 5.59. The van der Waals surface area contributed by atoms with Crippen molar-refractivity contribution in [1.29, 1.82) is 0 Å². The van der Waals surface area contributed by atoms with Gasteiger partial charge < -0.3 is 15.4 Å². The Balaban J connectivity index is 2.06. The van der Waals surface area contributed by atoms with Crippen molar-refractivity contribution in [2.75, 3.05) is 19.0 Å². The molecule has 0 saturated heterocycles. The lowest BCUT2D eigenvalue weighted by Gasteiger charge is -2.11. The second-order valence-corrected chi connectivity index (χ2v) is 7.14. The fourth-order valence-corrected chi connectivity index (χ4v) is 2.74. The molecule has 5 nitrogen and oxygen atoms in total. The smallest absolute Gasteiger partial charge is 0.255 e. The lowest BCUT2D eigenvalue weighted by molar-refractivity contribution is 0.0961. The van der Waals surface area contributed by atoms with Crippen molar-refractivity contribution >= 4 is 33.4 Å². The van der Waals surface area contributed by atoms with E-state index in [0.29, 0.717) is 35.1 Å². The molecule has 6 heteroatoms. The van der Waals surface area contributed by atoms with Crippen LogP contribution >= 0.6 is 15.9 Å². The molecule has 0 bridgehead atoms. The van der Waals surface area contributed by atoms with Crippen LogP contribution in [0.25, 0.3) is 0 Å². The Labute approximate surface area is 162 Å². The molecule has 138 valence electrons. The summed E-state index contributed by atoms with van der Waals surface area (Å²) in [6.45, 7) is 4.92. The first-order valence-corrected chi connectivity index (χ1v) is 9.26. The average molecular weight is 419 g/mol. The van der Waals surface area contributed by atoms with Crippen molar-refractivity contribution in [3.8, 4) is 5.75 Å². The fourth-order valence-electron chi connectivity index (χ4n) is 2.25. The van der Waals surface area contributed by atoms with E-state index in [0.717, 1.165) is 10.9 Å². The molecule has 2 aromatic carbocycles. The van der Waals surface area contributed by atoms with Gasteiger partial charge in [-0.25, -0.2) is 0 Å². The van der Waals surface area contributed by atoms with Gasteiger partial charge in [-0.2, -0.15) is 0 Å². The topological polar surface area (TPSA) is 67.4 Å². The molecule has 0 heterocycles. The summed E-state index contributed by atoms with van der Waals surface area (Å²) in [5.74, 6) is 0.827. The minimum atomic E-state index is -0.256. The van der Waals surface area contributed by atoms with Crippen molar-refractivity contribution < 1.29 is 14.3 Å². The number of halogens is 1.